The van der Waals surface area contributed by atoms with Gasteiger partial charge in [0.15, 0.2) is 0 Å². The molecule has 0 aliphatic carbocycles. The second-order valence-corrected chi connectivity index (χ2v) is 6.87. The number of benzene rings is 1. The van der Waals surface area contributed by atoms with Crippen LogP contribution in [0.25, 0.3) is 10.1 Å². The number of likely N-dealkylation sites (tertiary alicyclic amines) is 1. The molecule has 1 aliphatic heterocycles. The fourth-order valence-corrected chi connectivity index (χ4v) is 4.36. The molecule has 0 bridgehead atoms. The molecule has 2 heterocycles. The Morgan fingerprint density at radius 1 is 1.48 bits per heavy atom. The normalized spacial score (nSPS) is 21.0. The predicted molar refractivity (Wildman–Crippen MR) is 88.3 cm³/mol. The Morgan fingerprint density at radius 3 is 2.87 bits per heavy atom. The molecule has 1 aliphatic rings. The number of carbonyl (C=O) groups excluding carboxylic acids is 2. The second kappa shape index (κ2) is 6.07. The van der Waals surface area contributed by atoms with Crippen molar-refractivity contribution in [3.8, 4) is 0 Å². The SMILES string of the molecule is CNC(=O)[C@@H]1C[C@@H](N)CN1C(=O)c1sc2cccc(F)c2c1Cl. The Kier molecular flexibility index (Phi) is 4.27. The molecule has 2 aromatic rings. The zero-order valence-electron chi connectivity index (χ0n) is 12.3. The van der Waals surface area contributed by atoms with Crippen LogP contribution in [0.3, 0.4) is 0 Å². The van der Waals surface area contributed by atoms with E-state index in [0.29, 0.717) is 11.1 Å². The Bertz CT molecular complexity index is 794. The zero-order valence-corrected chi connectivity index (χ0v) is 13.9. The van der Waals surface area contributed by atoms with E-state index < -0.39 is 17.8 Å². The third kappa shape index (κ3) is 2.69. The predicted octanol–water partition coefficient (Wildman–Crippen LogP) is 1.98. The smallest absolute Gasteiger partial charge is 0.266 e. The van der Waals surface area contributed by atoms with Gasteiger partial charge in [-0.05, 0) is 18.6 Å². The molecule has 0 unspecified atom stereocenters. The van der Waals surface area contributed by atoms with E-state index in [2.05, 4.69) is 5.32 Å². The molecule has 1 aromatic heterocycles. The first-order valence-electron chi connectivity index (χ1n) is 7.08. The van der Waals surface area contributed by atoms with E-state index in [1.165, 1.54) is 18.0 Å². The molecule has 1 aromatic carbocycles. The average Bonchev–Trinajstić information content (AvgIpc) is 3.07. The number of carbonyl (C=O) groups is 2. The summed E-state index contributed by atoms with van der Waals surface area (Å²) < 4.78 is 14.5. The number of nitrogens with zero attached hydrogens (tertiary/aromatic N) is 1. The number of amides is 2. The van der Waals surface area contributed by atoms with Crippen molar-refractivity contribution in [2.24, 2.45) is 5.73 Å². The fourth-order valence-electron chi connectivity index (χ4n) is 2.85. The van der Waals surface area contributed by atoms with Gasteiger partial charge in [-0.1, -0.05) is 17.7 Å². The van der Waals surface area contributed by atoms with Crippen LogP contribution in [-0.2, 0) is 4.79 Å². The molecule has 2 atom stereocenters. The largest absolute Gasteiger partial charge is 0.357 e. The number of likely N-dealkylation sites (N-methyl/N-ethyl adjacent to an activating group) is 1. The molecule has 5 nitrogen and oxygen atoms in total. The fraction of sp³-hybridized carbons (Fsp3) is 0.333. The third-order valence-electron chi connectivity index (χ3n) is 3.94. The lowest BCUT2D eigenvalue weighted by Gasteiger charge is -2.22. The number of hydrogen-bond donors (Lipinski definition) is 2. The van der Waals surface area contributed by atoms with Gasteiger partial charge in [0.2, 0.25) is 5.91 Å². The van der Waals surface area contributed by atoms with Crippen molar-refractivity contribution < 1.29 is 14.0 Å². The van der Waals surface area contributed by atoms with Gasteiger partial charge in [0.05, 0.1) is 5.02 Å². The number of thiophene rings is 1. The van der Waals surface area contributed by atoms with E-state index >= 15 is 0 Å². The van der Waals surface area contributed by atoms with Gasteiger partial charge in [-0.25, -0.2) is 4.39 Å². The topological polar surface area (TPSA) is 75.4 Å². The summed E-state index contributed by atoms with van der Waals surface area (Å²) in [7, 11) is 1.51. The summed E-state index contributed by atoms with van der Waals surface area (Å²) in [5.41, 5.74) is 5.90. The van der Waals surface area contributed by atoms with Crippen molar-refractivity contribution >= 4 is 44.8 Å². The maximum absolute atomic E-state index is 13.9. The summed E-state index contributed by atoms with van der Waals surface area (Å²) in [4.78, 5) is 26.4. The highest BCUT2D eigenvalue weighted by Crippen LogP contribution is 2.38. The molecule has 23 heavy (non-hydrogen) atoms. The maximum Gasteiger partial charge on any atom is 0.266 e. The highest BCUT2D eigenvalue weighted by molar-refractivity contribution is 7.21. The number of halogens is 2. The monoisotopic (exact) mass is 355 g/mol. The summed E-state index contributed by atoms with van der Waals surface area (Å²) in [6, 6.07) is 3.67. The van der Waals surface area contributed by atoms with Crippen LogP contribution in [0, 0.1) is 5.82 Å². The Morgan fingerprint density at radius 2 is 2.22 bits per heavy atom. The Hall–Kier alpha value is -1.70. The van der Waals surface area contributed by atoms with Crippen molar-refractivity contribution in [3.63, 3.8) is 0 Å². The first-order valence-corrected chi connectivity index (χ1v) is 8.28. The van der Waals surface area contributed by atoms with Gasteiger partial charge in [0, 0.05) is 29.7 Å². The first-order chi connectivity index (χ1) is 10.9. The Labute approximate surface area is 141 Å². The second-order valence-electron chi connectivity index (χ2n) is 5.44. The zero-order chi connectivity index (χ0) is 16.7. The number of nitrogens with two attached hydrogens (primary N) is 1. The molecule has 0 saturated carbocycles. The quantitative estimate of drug-likeness (QED) is 0.865. The summed E-state index contributed by atoms with van der Waals surface area (Å²) in [6.45, 7) is 0.268. The number of hydrogen-bond acceptors (Lipinski definition) is 4. The van der Waals surface area contributed by atoms with Crippen LogP contribution >= 0.6 is 22.9 Å². The standard InChI is InChI=1S/C15H15ClFN3O2S/c1-19-14(21)9-5-7(18)6-20(9)15(22)13-12(16)11-8(17)3-2-4-10(11)23-13/h2-4,7,9H,5-6,18H2,1H3,(H,19,21)/t7-,9+/m1/s1. The molecule has 0 radical (unpaired) electrons. The van der Waals surface area contributed by atoms with Crippen molar-refractivity contribution in [2.75, 3.05) is 13.6 Å². The van der Waals surface area contributed by atoms with Crippen molar-refractivity contribution in [1.82, 2.24) is 10.2 Å². The highest BCUT2D eigenvalue weighted by Gasteiger charge is 2.39. The van der Waals surface area contributed by atoms with E-state index in [0.717, 1.165) is 11.3 Å². The molecule has 2 amide bonds. The van der Waals surface area contributed by atoms with Crippen LogP contribution in [0.5, 0.6) is 0 Å². The van der Waals surface area contributed by atoms with Gasteiger partial charge < -0.3 is 16.0 Å². The number of rotatable bonds is 2. The summed E-state index contributed by atoms with van der Waals surface area (Å²) in [5, 5.41) is 2.86. The Balaban J connectivity index is 2.01. The summed E-state index contributed by atoms with van der Waals surface area (Å²) >= 11 is 7.34. The van der Waals surface area contributed by atoms with E-state index in [1.54, 1.807) is 12.1 Å². The van der Waals surface area contributed by atoms with Crippen LogP contribution in [0.15, 0.2) is 18.2 Å². The molecular formula is C15H15ClFN3O2S. The molecule has 3 rings (SSSR count). The van der Waals surface area contributed by atoms with Crippen molar-refractivity contribution in [3.05, 3.63) is 33.9 Å². The minimum atomic E-state index is -0.631. The van der Waals surface area contributed by atoms with E-state index in [9.17, 15) is 14.0 Å². The number of fused-ring (bicyclic) bond motifs is 1. The lowest BCUT2D eigenvalue weighted by atomic mass is 10.1. The van der Waals surface area contributed by atoms with Crippen molar-refractivity contribution in [1.29, 1.82) is 0 Å². The average molecular weight is 356 g/mol. The number of nitrogens with one attached hydrogen (secondary N) is 1. The maximum atomic E-state index is 13.9. The van der Waals surface area contributed by atoms with Gasteiger partial charge in [0.25, 0.3) is 5.91 Å². The first kappa shape index (κ1) is 16.2. The van der Waals surface area contributed by atoms with Crippen molar-refractivity contribution in [2.45, 2.75) is 18.5 Å². The molecule has 1 fully saturated rings. The van der Waals surface area contributed by atoms with Crippen LogP contribution in [0.2, 0.25) is 5.02 Å². The van der Waals surface area contributed by atoms with Gasteiger partial charge in [-0.15, -0.1) is 11.3 Å². The van der Waals surface area contributed by atoms with Crippen LogP contribution < -0.4 is 11.1 Å². The van der Waals surface area contributed by atoms with Gasteiger partial charge in [-0.2, -0.15) is 0 Å². The highest BCUT2D eigenvalue weighted by atomic mass is 35.5. The molecule has 0 spiro atoms. The lowest BCUT2D eigenvalue weighted by molar-refractivity contribution is -0.124. The van der Waals surface area contributed by atoms with Gasteiger partial charge in [0.1, 0.15) is 16.7 Å². The summed E-state index contributed by atoms with van der Waals surface area (Å²) in [5.74, 6) is -1.13. The van der Waals surface area contributed by atoms with E-state index in [1.807, 2.05) is 0 Å². The molecule has 8 heteroatoms. The van der Waals surface area contributed by atoms with E-state index in [4.69, 9.17) is 17.3 Å². The molecule has 3 N–H and O–H groups in total. The van der Waals surface area contributed by atoms with E-state index in [-0.39, 0.29) is 33.8 Å². The van der Waals surface area contributed by atoms with Crippen LogP contribution in [-0.4, -0.2) is 42.4 Å². The van der Waals surface area contributed by atoms with Crippen LogP contribution in [0.4, 0.5) is 4.39 Å². The van der Waals surface area contributed by atoms with Gasteiger partial charge >= 0.3 is 0 Å². The molecular weight excluding hydrogens is 341 g/mol. The minimum Gasteiger partial charge on any atom is -0.357 e. The summed E-state index contributed by atoms with van der Waals surface area (Å²) in [6.07, 6.45) is 0.391. The minimum absolute atomic E-state index is 0.0872. The third-order valence-corrected chi connectivity index (χ3v) is 5.58. The lowest BCUT2D eigenvalue weighted by Crippen LogP contribution is -2.44. The molecule has 1 saturated heterocycles. The molecule has 122 valence electrons. The van der Waals surface area contributed by atoms with Gasteiger partial charge in [-0.3, -0.25) is 9.59 Å². The van der Waals surface area contributed by atoms with Crippen LogP contribution in [0.1, 0.15) is 16.1 Å².